The molecule has 18 heavy (non-hydrogen) atoms. The lowest BCUT2D eigenvalue weighted by molar-refractivity contribution is 0.0241. The van der Waals surface area contributed by atoms with Gasteiger partial charge in [0.15, 0.2) is 0 Å². The highest BCUT2D eigenvalue weighted by atomic mass is 16.5. The summed E-state index contributed by atoms with van der Waals surface area (Å²) in [6, 6.07) is 6.48. The van der Waals surface area contributed by atoms with Crippen LogP contribution in [0.2, 0.25) is 0 Å². The molecular formula is C15H22N2O. The maximum Gasteiger partial charge on any atom is 0.122 e. The first-order valence-electron chi connectivity index (χ1n) is 6.89. The van der Waals surface area contributed by atoms with Gasteiger partial charge in [0.2, 0.25) is 0 Å². The smallest absolute Gasteiger partial charge is 0.122 e. The van der Waals surface area contributed by atoms with Crippen molar-refractivity contribution in [2.24, 2.45) is 0 Å². The zero-order chi connectivity index (χ0) is 12.6. The van der Waals surface area contributed by atoms with E-state index in [1.165, 1.54) is 11.3 Å². The third-order valence-corrected chi connectivity index (χ3v) is 4.20. The molecule has 0 radical (unpaired) electrons. The number of nitrogens with one attached hydrogen (secondary N) is 1. The SMILES string of the molecule is CN1CCC(C)(Oc2ccc3c(c2)NCC3)CC1. The van der Waals surface area contributed by atoms with Gasteiger partial charge < -0.3 is 15.0 Å². The van der Waals surface area contributed by atoms with E-state index in [9.17, 15) is 0 Å². The average molecular weight is 246 g/mol. The van der Waals surface area contributed by atoms with Crippen LogP contribution in [0, 0.1) is 0 Å². The van der Waals surface area contributed by atoms with Gasteiger partial charge in [0.05, 0.1) is 0 Å². The highest BCUT2D eigenvalue weighted by molar-refractivity contribution is 5.58. The number of anilines is 1. The molecule has 0 bridgehead atoms. The third kappa shape index (κ3) is 2.32. The van der Waals surface area contributed by atoms with Crippen LogP contribution in [0.15, 0.2) is 18.2 Å². The minimum Gasteiger partial charge on any atom is -0.487 e. The van der Waals surface area contributed by atoms with Crippen LogP contribution >= 0.6 is 0 Å². The Balaban J connectivity index is 1.72. The van der Waals surface area contributed by atoms with Crippen molar-refractivity contribution in [1.29, 1.82) is 0 Å². The molecule has 0 aliphatic carbocycles. The number of ether oxygens (including phenoxy) is 1. The Kier molecular flexibility index (Phi) is 2.94. The second-order valence-electron chi connectivity index (χ2n) is 5.85. The van der Waals surface area contributed by atoms with E-state index < -0.39 is 0 Å². The van der Waals surface area contributed by atoms with Crippen LogP contribution in [0.5, 0.6) is 5.75 Å². The molecule has 0 amide bonds. The first-order chi connectivity index (χ1) is 8.65. The lowest BCUT2D eigenvalue weighted by atomic mass is 9.93. The second kappa shape index (κ2) is 4.47. The fourth-order valence-corrected chi connectivity index (χ4v) is 2.81. The Hall–Kier alpha value is -1.22. The van der Waals surface area contributed by atoms with Gasteiger partial charge in [0.25, 0.3) is 0 Å². The molecule has 1 aromatic carbocycles. The summed E-state index contributed by atoms with van der Waals surface area (Å²) in [5.74, 6) is 1.01. The number of likely N-dealkylation sites (tertiary alicyclic amines) is 1. The number of hydrogen-bond donors (Lipinski definition) is 1. The summed E-state index contributed by atoms with van der Waals surface area (Å²) in [4.78, 5) is 2.37. The van der Waals surface area contributed by atoms with E-state index in [4.69, 9.17) is 4.74 Å². The molecule has 0 atom stereocenters. The number of piperidine rings is 1. The van der Waals surface area contributed by atoms with E-state index in [2.05, 4.69) is 42.4 Å². The van der Waals surface area contributed by atoms with E-state index in [-0.39, 0.29) is 5.60 Å². The molecule has 1 fully saturated rings. The van der Waals surface area contributed by atoms with Crippen LogP contribution in [0.25, 0.3) is 0 Å². The van der Waals surface area contributed by atoms with E-state index in [1.54, 1.807) is 0 Å². The zero-order valence-electron chi connectivity index (χ0n) is 11.3. The molecule has 0 unspecified atom stereocenters. The van der Waals surface area contributed by atoms with Gasteiger partial charge in [0, 0.05) is 31.4 Å². The predicted octanol–water partition coefficient (Wildman–Crippen LogP) is 2.52. The lowest BCUT2D eigenvalue weighted by Gasteiger charge is -2.38. The van der Waals surface area contributed by atoms with Crippen molar-refractivity contribution in [1.82, 2.24) is 4.90 Å². The van der Waals surface area contributed by atoms with Crippen LogP contribution < -0.4 is 10.1 Å². The van der Waals surface area contributed by atoms with Crippen LogP contribution in [-0.4, -0.2) is 37.2 Å². The number of hydrogen-bond acceptors (Lipinski definition) is 3. The molecule has 0 spiro atoms. The predicted molar refractivity (Wildman–Crippen MR) is 74.4 cm³/mol. The number of rotatable bonds is 2. The quantitative estimate of drug-likeness (QED) is 0.868. The minimum absolute atomic E-state index is 0.000644. The summed E-state index contributed by atoms with van der Waals surface area (Å²) >= 11 is 0. The van der Waals surface area contributed by atoms with Gasteiger partial charge in [-0.2, -0.15) is 0 Å². The topological polar surface area (TPSA) is 24.5 Å². The summed E-state index contributed by atoms with van der Waals surface area (Å²) in [7, 11) is 2.18. The Morgan fingerprint density at radius 2 is 2.06 bits per heavy atom. The Labute approximate surface area is 109 Å². The molecule has 1 aromatic rings. The van der Waals surface area contributed by atoms with E-state index >= 15 is 0 Å². The molecule has 1 N–H and O–H groups in total. The van der Waals surface area contributed by atoms with Crippen LogP contribution in [0.1, 0.15) is 25.3 Å². The maximum absolute atomic E-state index is 6.25. The Morgan fingerprint density at radius 1 is 1.28 bits per heavy atom. The van der Waals surface area contributed by atoms with Gasteiger partial charge in [-0.3, -0.25) is 0 Å². The molecule has 3 nitrogen and oxygen atoms in total. The molecule has 2 aliphatic rings. The molecule has 2 aliphatic heterocycles. The fourth-order valence-electron chi connectivity index (χ4n) is 2.81. The molecular weight excluding hydrogens is 224 g/mol. The van der Waals surface area contributed by atoms with Crippen molar-refractivity contribution in [2.75, 3.05) is 32.0 Å². The highest BCUT2D eigenvalue weighted by Crippen LogP contribution is 2.32. The van der Waals surface area contributed by atoms with Crippen LogP contribution in [0.4, 0.5) is 5.69 Å². The van der Waals surface area contributed by atoms with Crippen molar-refractivity contribution in [3.63, 3.8) is 0 Å². The molecule has 3 rings (SSSR count). The van der Waals surface area contributed by atoms with Crippen molar-refractivity contribution in [3.05, 3.63) is 23.8 Å². The van der Waals surface area contributed by atoms with Crippen LogP contribution in [0.3, 0.4) is 0 Å². The lowest BCUT2D eigenvalue weighted by Crippen LogP contribution is -2.44. The molecule has 98 valence electrons. The summed E-state index contributed by atoms with van der Waals surface area (Å²) in [5, 5.41) is 3.41. The van der Waals surface area contributed by atoms with Crippen LogP contribution in [-0.2, 0) is 6.42 Å². The summed E-state index contributed by atoms with van der Waals surface area (Å²) < 4.78 is 6.25. The zero-order valence-corrected chi connectivity index (χ0v) is 11.3. The normalized spacial score (nSPS) is 22.3. The van der Waals surface area contributed by atoms with Crippen molar-refractivity contribution >= 4 is 5.69 Å². The average Bonchev–Trinajstić information content (AvgIpc) is 2.81. The van der Waals surface area contributed by atoms with Crippen molar-refractivity contribution < 1.29 is 4.74 Å². The van der Waals surface area contributed by atoms with Crippen molar-refractivity contribution in [3.8, 4) is 5.75 Å². The largest absolute Gasteiger partial charge is 0.487 e. The minimum atomic E-state index is -0.000644. The second-order valence-corrected chi connectivity index (χ2v) is 5.85. The first kappa shape index (κ1) is 11.8. The molecule has 1 saturated heterocycles. The third-order valence-electron chi connectivity index (χ3n) is 4.20. The highest BCUT2D eigenvalue weighted by Gasteiger charge is 2.31. The number of benzene rings is 1. The number of nitrogens with zero attached hydrogens (tertiary/aromatic N) is 1. The van der Waals surface area contributed by atoms with Gasteiger partial charge in [-0.1, -0.05) is 6.07 Å². The maximum atomic E-state index is 6.25. The summed E-state index contributed by atoms with van der Waals surface area (Å²) in [6.07, 6.45) is 3.35. The standard InChI is InChI=1S/C15H22N2O/c1-15(6-9-17(2)10-7-15)18-13-4-3-12-5-8-16-14(12)11-13/h3-4,11,16H,5-10H2,1-2H3. The first-order valence-corrected chi connectivity index (χ1v) is 6.89. The van der Waals surface area contributed by atoms with Gasteiger partial charge in [-0.15, -0.1) is 0 Å². The Bertz CT molecular complexity index is 436. The van der Waals surface area contributed by atoms with Gasteiger partial charge in [0.1, 0.15) is 11.4 Å². The Morgan fingerprint density at radius 3 is 2.83 bits per heavy atom. The van der Waals surface area contributed by atoms with Gasteiger partial charge in [-0.25, -0.2) is 0 Å². The monoisotopic (exact) mass is 246 g/mol. The number of fused-ring (bicyclic) bond motifs is 1. The molecule has 0 saturated carbocycles. The van der Waals surface area contributed by atoms with E-state index in [0.717, 1.165) is 44.6 Å². The molecule has 0 aromatic heterocycles. The fraction of sp³-hybridized carbons (Fsp3) is 0.600. The molecule has 2 heterocycles. The van der Waals surface area contributed by atoms with Crippen molar-refractivity contribution in [2.45, 2.75) is 31.8 Å². The van der Waals surface area contributed by atoms with Gasteiger partial charge in [-0.05, 0) is 44.9 Å². The molecule has 3 heteroatoms. The summed E-state index contributed by atoms with van der Waals surface area (Å²) in [6.45, 7) is 5.54. The van der Waals surface area contributed by atoms with Gasteiger partial charge >= 0.3 is 0 Å². The van der Waals surface area contributed by atoms with E-state index in [0.29, 0.717) is 0 Å². The summed E-state index contributed by atoms with van der Waals surface area (Å²) in [5.41, 5.74) is 2.67. The van der Waals surface area contributed by atoms with E-state index in [1.807, 2.05) is 0 Å².